The molecule has 0 amide bonds. The highest BCUT2D eigenvalue weighted by atomic mass is 16.1. The normalized spacial score (nSPS) is 14.8. The van der Waals surface area contributed by atoms with Crippen LogP contribution in [0.25, 0.3) is 10.9 Å². The van der Waals surface area contributed by atoms with E-state index in [1.807, 2.05) is 47.4 Å². The zero-order valence-electron chi connectivity index (χ0n) is 11.1. The fourth-order valence-electron chi connectivity index (χ4n) is 2.71. The van der Waals surface area contributed by atoms with Crippen LogP contribution in [0.1, 0.15) is 24.6 Å². The van der Waals surface area contributed by atoms with E-state index in [-0.39, 0.29) is 5.56 Å². The van der Waals surface area contributed by atoms with Gasteiger partial charge in [-0.25, -0.2) is 4.98 Å². The van der Waals surface area contributed by atoms with Crippen molar-refractivity contribution in [2.75, 3.05) is 0 Å². The van der Waals surface area contributed by atoms with E-state index in [4.69, 9.17) is 0 Å². The highest BCUT2D eigenvalue weighted by molar-refractivity contribution is 5.78. The molecule has 0 saturated heterocycles. The first kappa shape index (κ1) is 11.5. The van der Waals surface area contributed by atoms with Crippen molar-refractivity contribution < 1.29 is 0 Å². The van der Waals surface area contributed by atoms with E-state index < -0.39 is 0 Å². The SMILES string of the molecule is O=c1ccc2ccccc2n1Cc1cncn1C1CC1. The van der Waals surface area contributed by atoms with Gasteiger partial charge in [0.15, 0.2) is 0 Å². The molecule has 3 aromatic rings. The number of rotatable bonds is 3. The first-order valence-corrected chi connectivity index (χ1v) is 6.92. The minimum absolute atomic E-state index is 0.0345. The number of aromatic nitrogens is 3. The van der Waals surface area contributed by atoms with Gasteiger partial charge in [0.05, 0.1) is 24.1 Å². The summed E-state index contributed by atoms with van der Waals surface area (Å²) in [6, 6.07) is 12.1. The molecule has 100 valence electrons. The lowest BCUT2D eigenvalue weighted by molar-refractivity contribution is 0.656. The number of fused-ring (bicyclic) bond motifs is 1. The zero-order chi connectivity index (χ0) is 13.5. The summed E-state index contributed by atoms with van der Waals surface area (Å²) < 4.78 is 4.03. The summed E-state index contributed by atoms with van der Waals surface area (Å²) >= 11 is 0. The third-order valence-electron chi connectivity index (χ3n) is 3.91. The van der Waals surface area contributed by atoms with Gasteiger partial charge in [0.2, 0.25) is 0 Å². The summed E-state index contributed by atoms with van der Waals surface area (Å²) in [6.45, 7) is 0.580. The summed E-state index contributed by atoms with van der Waals surface area (Å²) in [5.41, 5.74) is 2.11. The van der Waals surface area contributed by atoms with Crippen molar-refractivity contribution >= 4 is 10.9 Å². The van der Waals surface area contributed by atoms with E-state index >= 15 is 0 Å². The summed E-state index contributed by atoms with van der Waals surface area (Å²) in [5, 5.41) is 1.09. The van der Waals surface area contributed by atoms with Crippen LogP contribution in [-0.4, -0.2) is 14.1 Å². The van der Waals surface area contributed by atoms with Crippen molar-refractivity contribution in [1.82, 2.24) is 14.1 Å². The summed E-state index contributed by atoms with van der Waals surface area (Å²) in [6.07, 6.45) is 6.18. The lowest BCUT2D eigenvalue weighted by Crippen LogP contribution is -2.21. The lowest BCUT2D eigenvalue weighted by Gasteiger charge is -2.11. The molecule has 0 atom stereocenters. The highest BCUT2D eigenvalue weighted by Crippen LogP contribution is 2.35. The molecule has 0 bridgehead atoms. The largest absolute Gasteiger partial charge is 0.330 e. The third-order valence-corrected chi connectivity index (χ3v) is 3.91. The minimum Gasteiger partial charge on any atom is -0.330 e. The van der Waals surface area contributed by atoms with Gasteiger partial charge >= 0.3 is 0 Å². The van der Waals surface area contributed by atoms with Crippen molar-refractivity contribution in [2.45, 2.75) is 25.4 Å². The second-order valence-corrected chi connectivity index (χ2v) is 5.34. The molecule has 1 aliphatic rings. The van der Waals surface area contributed by atoms with Crippen molar-refractivity contribution in [3.8, 4) is 0 Å². The van der Waals surface area contributed by atoms with Crippen molar-refractivity contribution in [1.29, 1.82) is 0 Å². The van der Waals surface area contributed by atoms with Gasteiger partial charge in [0.1, 0.15) is 0 Å². The van der Waals surface area contributed by atoms with E-state index in [0.717, 1.165) is 16.6 Å². The molecule has 0 unspecified atom stereocenters. The number of hydrogen-bond acceptors (Lipinski definition) is 2. The molecular weight excluding hydrogens is 250 g/mol. The molecule has 20 heavy (non-hydrogen) atoms. The van der Waals surface area contributed by atoms with E-state index in [2.05, 4.69) is 9.55 Å². The Kier molecular flexibility index (Phi) is 2.49. The monoisotopic (exact) mass is 265 g/mol. The molecule has 0 spiro atoms. The molecule has 1 saturated carbocycles. The van der Waals surface area contributed by atoms with Crippen LogP contribution in [0.4, 0.5) is 0 Å². The third kappa shape index (κ3) is 1.84. The maximum atomic E-state index is 12.2. The molecule has 2 heterocycles. The van der Waals surface area contributed by atoms with Crippen LogP contribution in [0.3, 0.4) is 0 Å². The molecule has 1 aliphatic carbocycles. The van der Waals surface area contributed by atoms with Crippen LogP contribution in [0.2, 0.25) is 0 Å². The number of pyridine rings is 1. The molecule has 1 aromatic carbocycles. The van der Waals surface area contributed by atoms with E-state index in [0.29, 0.717) is 12.6 Å². The number of imidazole rings is 1. The standard InChI is InChI=1S/C16H15N3O/c20-16-8-5-12-3-1-2-4-15(12)18(16)10-14-9-17-11-19(14)13-6-7-13/h1-5,8-9,11,13H,6-7,10H2. The number of nitrogens with zero attached hydrogens (tertiary/aromatic N) is 3. The molecular formula is C16H15N3O. The van der Waals surface area contributed by atoms with Crippen LogP contribution in [-0.2, 0) is 6.54 Å². The van der Waals surface area contributed by atoms with Crippen LogP contribution < -0.4 is 5.56 Å². The van der Waals surface area contributed by atoms with Crippen molar-refractivity contribution in [3.63, 3.8) is 0 Å². The Morgan fingerprint density at radius 2 is 2.00 bits per heavy atom. The van der Waals surface area contributed by atoms with E-state index in [1.54, 1.807) is 6.07 Å². The Balaban J connectivity index is 1.83. The molecule has 4 nitrogen and oxygen atoms in total. The molecule has 2 aromatic heterocycles. The number of hydrogen-bond donors (Lipinski definition) is 0. The number of para-hydroxylation sites is 1. The van der Waals surface area contributed by atoms with Gasteiger partial charge in [-0.2, -0.15) is 0 Å². The number of benzene rings is 1. The van der Waals surface area contributed by atoms with Crippen LogP contribution in [0.5, 0.6) is 0 Å². The lowest BCUT2D eigenvalue weighted by atomic mass is 10.2. The minimum atomic E-state index is 0.0345. The van der Waals surface area contributed by atoms with Crippen LogP contribution in [0, 0.1) is 0 Å². The average molecular weight is 265 g/mol. The topological polar surface area (TPSA) is 39.8 Å². The summed E-state index contributed by atoms with van der Waals surface area (Å²) in [5.74, 6) is 0. The second-order valence-electron chi connectivity index (χ2n) is 5.34. The first-order chi connectivity index (χ1) is 9.83. The van der Waals surface area contributed by atoms with Gasteiger partial charge in [0.25, 0.3) is 5.56 Å². The van der Waals surface area contributed by atoms with Crippen molar-refractivity contribution in [3.05, 3.63) is 65.0 Å². The van der Waals surface area contributed by atoms with Gasteiger partial charge in [-0.15, -0.1) is 0 Å². The van der Waals surface area contributed by atoms with Gasteiger partial charge in [-0.3, -0.25) is 4.79 Å². The Bertz CT molecular complexity index is 827. The first-order valence-electron chi connectivity index (χ1n) is 6.92. The molecule has 0 aliphatic heterocycles. The Morgan fingerprint density at radius 3 is 2.85 bits per heavy atom. The maximum Gasteiger partial charge on any atom is 0.251 e. The van der Waals surface area contributed by atoms with Crippen LogP contribution >= 0.6 is 0 Å². The van der Waals surface area contributed by atoms with Crippen LogP contribution in [0.15, 0.2) is 53.7 Å². The Morgan fingerprint density at radius 1 is 1.15 bits per heavy atom. The van der Waals surface area contributed by atoms with E-state index in [9.17, 15) is 4.79 Å². The zero-order valence-corrected chi connectivity index (χ0v) is 11.1. The Hall–Kier alpha value is -2.36. The van der Waals surface area contributed by atoms with E-state index in [1.165, 1.54) is 12.8 Å². The summed E-state index contributed by atoms with van der Waals surface area (Å²) in [7, 11) is 0. The molecule has 4 heteroatoms. The molecule has 0 radical (unpaired) electrons. The van der Waals surface area contributed by atoms with Gasteiger partial charge in [-0.05, 0) is 30.4 Å². The maximum absolute atomic E-state index is 12.2. The highest BCUT2D eigenvalue weighted by Gasteiger charge is 2.25. The molecule has 1 fully saturated rings. The predicted octanol–water partition coefficient (Wildman–Crippen LogP) is 2.58. The molecule has 4 rings (SSSR count). The van der Waals surface area contributed by atoms with Crippen molar-refractivity contribution in [2.24, 2.45) is 0 Å². The average Bonchev–Trinajstić information content (AvgIpc) is 3.22. The molecule has 0 N–H and O–H groups in total. The van der Waals surface area contributed by atoms with Gasteiger partial charge in [0, 0.05) is 18.3 Å². The van der Waals surface area contributed by atoms with Gasteiger partial charge in [-0.1, -0.05) is 18.2 Å². The Labute approximate surface area is 116 Å². The predicted molar refractivity (Wildman–Crippen MR) is 77.8 cm³/mol. The smallest absolute Gasteiger partial charge is 0.251 e. The second kappa shape index (κ2) is 4.34. The quantitative estimate of drug-likeness (QED) is 0.730. The summed E-state index contributed by atoms with van der Waals surface area (Å²) in [4.78, 5) is 16.4. The van der Waals surface area contributed by atoms with Gasteiger partial charge < -0.3 is 9.13 Å². The fraction of sp³-hybridized carbons (Fsp3) is 0.250. The fourth-order valence-corrected chi connectivity index (χ4v) is 2.71.